The number of aromatic nitrogens is 1. The molecule has 0 fully saturated rings. The van der Waals surface area contributed by atoms with Crippen LogP contribution in [0.5, 0.6) is 0 Å². The lowest BCUT2D eigenvalue weighted by molar-refractivity contribution is 0.0902. The molecule has 2 N–H and O–H groups in total. The lowest BCUT2D eigenvalue weighted by atomic mass is 9.95. The van der Waals surface area contributed by atoms with Gasteiger partial charge in [-0.1, -0.05) is 26.0 Å². The first-order valence-electron chi connectivity index (χ1n) is 6.48. The van der Waals surface area contributed by atoms with E-state index in [1.54, 1.807) is 0 Å². The van der Waals surface area contributed by atoms with Crippen LogP contribution in [0.3, 0.4) is 0 Å². The fourth-order valence-electron chi connectivity index (χ4n) is 2.04. The maximum absolute atomic E-state index is 12.4. The van der Waals surface area contributed by atoms with Gasteiger partial charge in [-0.25, -0.2) is 0 Å². The highest BCUT2D eigenvalue weighted by molar-refractivity contribution is 6.05. The third-order valence-electron chi connectivity index (χ3n) is 3.81. The van der Waals surface area contributed by atoms with Crippen molar-refractivity contribution in [2.24, 2.45) is 0 Å². The maximum Gasteiger partial charge on any atom is 0.253 e. The molecule has 1 aromatic heterocycles. The number of hydrogen-bond acceptors (Lipinski definition) is 1. The molecule has 3 heteroatoms. The lowest BCUT2D eigenvalue weighted by Crippen LogP contribution is -2.45. The Bertz CT molecular complexity index is 552. The predicted octanol–water partition coefficient (Wildman–Crippen LogP) is 3.48. The number of H-pyrrole nitrogens is 1. The summed E-state index contributed by atoms with van der Waals surface area (Å²) in [7, 11) is 0. The SMILES string of the molecule is CCC(C)(CC)NC(=O)c1cccc2cc[nH]c12. The van der Waals surface area contributed by atoms with Crippen molar-refractivity contribution in [3.8, 4) is 0 Å². The second-order valence-electron chi connectivity index (χ2n) is 4.97. The number of aromatic amines is 1. The van der Waals surface area contributed by atoms with Gasteiger partial charge < -0.3 is 10.3 Å². The summed E-state index contributed by atoms with van der Waals surface area (Å²) < 4.78 is 0. The Kier molecular flexibility index (Phi) is 3.41. The van der Waals surface area contributed by atoms with E-state index in [9.17, 15) is 4.79 Å². The molecule has 0 aliphatic rings. The smallest absolute Gasteiger partial charge is 0.253 e. The molecule has 0 spiro atoms. The van der Waals surface area contributed by atoms with Gasteiger partial charge in [-0.05, 0) is 31.9 Å². The average Bonchev–Trinajstić information content (AvgIpc) is 2.86. The fraction of sp³-hybridized carbons (Fsp3) is 0.400. The van der Waals surface area contributed by atoms with E-state index >= 15 is 0 Å². The van der Waals surface area contributed by atoms with Crippen LogP contribution in [0.4, 0.5) is 0 Å². The molecule has 3 nitrogen and oxygen atoms in total. The van der Waals surface area contributed by atoms with E-state index in [1.807, 2.05) is 30.5 Å². The van der Waals surface area contributed by atoms with Gasteiger partial charge in [0.25, 0.3) is 5.91 Å². The molecule has 0 aliphatic carbocycles. The Morgan fingerprint density at radius 1 is 1.28 bits per heavy atom. The molecule has 0 aliphatic heterocycles. The third kappa shape index (κ3) is 2.26. The summed E-state index contributed by atoms with van der Waals surface area (Å²) in [6, 6.07) is 7.76. The summed E-state index contributed by atoms with van der Waals surface area (Å²) in [6.07, 6.45) is 3.71. The number of carbonyl (C=O) groups is 1. The van der Waals surface area contributed by atoms with E-state index in [0.29, 0.717) is 5.56 Å². The van der Waals surface area contributed by atoms with Gasteiger partial charge in [0.05, 0.1) is 11.1 Å². The largest absolute Gasteiger partial charge is 0.361 e. The highest BCUT2D eigenvalue weighted by Crippen LogP contribution is 2.19. The number of hydrogen-bond donors (Lipinski definition) is 2. The molecule has 2 aromatic rings. The van der Waals surface area contributed by atoms with E-state index in [1.165, 1.54) is 0 Å². The van der Waals surface area contributed by atoms with Crippen molar-refractivity contribution in [1.29, 1.82) is 0 Å². The van der Waals surface area contributed by atoms with E-state index in [2.05, 4.69) is 31.1 Å². The first-order chi connectivity index (χ1) is 8.59. The highest BCUT2D eigenvalue weighted by atomic mass is 16.1. The van der Waals surface area contributed by atoms with Crippen LogP contribution >= 0.6 is 0 Å². The van der Waals surface area contributed by atoms with Gasteiger partial charge in [0.2, 0.25) is 0 Å². The molecule has 0 radical (unpaired) electrons. The molecule has 0 saturated carbocycles. The van der Waals surface area contributed by atoms with Gasteiger partial charge in [0, 0.05) is 17.1 Å². The molecular weight excluding hydrogens is 224 g/mol. The molecule has 0 bridgehead atoms. The number of carbonyl (C=O) groups excluding carboxylic acids is 1. The van der Waals surface area contributed by atoms with Gasteiger partial charge >= 0.3 is 0 Å². The number of amides is 1. The molecule has 18 heavy (non-hydrogen) atoms. The molecule has 96 valence electrons. The van der Waals surface area contributed by atoms with E-state index in [4.69, 9.17) is 0 Å². The number of para-hydroxylation sites is 1. The van der Waals surface area contributed by atoms with E-state index < -0.39 is 0 Å². The zero-order chi connectivity index (χ0) is 13.2. The number of rotatable bonds is 4. The maximum atomic E-state index is 12.4. The Hall–Kier alpha value is -1.77. The Labute approximate surface area is 108 Å². The minimum atomic E-state index is -0.133. The Morgan fingerprint density at radius 2 is 2.00 bits per heavy atom. The Morgan fingerprint density at radius 3 is 2.67 bits per heavy atom. The van der Waals surface area contributed by atoms with Crippen LogP contribution in [-0.2, 0) is 0 Å². The summed E-state index contributed by atoms with van der Waals surface area (Å²) in [6.45, 7) is 6.28. The van der Waals surface area contributed by atoms with Crippen molar-refractivity contribution in [1.82, 2.24) is 10.3 Å². The molecule has 0 saturated heterocycles. The third-order valence-corrected chi connectivity index (χ3v) is 3.81. The first-order valence-corrected chi connectivity index (χ1v) is 6.48. The molecule has 0 atom stereocenters. The molecule has 1 amide bonds. The van der Waals surface area contributed by atoms with Crippen LogP contribution in [0.1, 0.15) is 44.0 Å². The van der Waals surface area contributed by atoms with Crippen molar-refractivity contribution < 1.29 is 4.79 Å². The van der Waals surface area contributed by atoms with Crippen molar-refractivity contribution in [3.05, 3.63) is 36.0 Å². The minimum Gasteiger partial charge on any atom is -0.361 e. The summed E-state index contributed by atoms with van der Waals surface area (Å²) >= 11 is 0. The number of nitrogens with one attached hydrogen (secondary N) is 2. The van der Waals surface area contributed by atoms with Crippen LogP contribution in [0.15, 0.2) is 30.5 Å². The number of fused-ring (bicyclic) bond motifs is 1. The van der Waals surface area contributed by atoms with Crippen LogP contribution in [-0.4, -0.2) is 16.4 Å². The zero-order valence-corrected chi connectivity index (χ0v) is 11.2. The molecular formula is C15H20N2O. The lowest BCUT2D eigenvalue weighted by Gasteiger charge is -2.28. The van der Waals surface area contributed by atoms with Crippen LogP contribution < -0.4 is 5.32 Å². The topological polar surface area (TPSA) is 44.9 Å². The first kappa shape index (κ1) is 12.7. The molecule has 1 aromatic carbocycles. The van der Waals surface area contributed by atoms with Gasteiger partial charge in [0.1, 0.15) is 0 Å². The van der Waals surface area contributed by atoms with Crippen molar-refractivity contribution in [2.75, 3.05) is 0 Å². The van der Waals surface area contributed by atoms with Gasteiger partial charge in [0.15, 0.2) is 0 Å². The summed E-state index contributed by atoms with van der Waals surface area (Å²) in [5, 5.41) is 4.20. The number of benzene rings is 1. The second kappa shape index (κ2) is 4.84. The Balaban J connectivity index is 2.31. The van der Waals surface area contributed by atoms with E-state index in [-0.39, 0.29) is 11.4 Å². The zero-order valence-electron chi connectivity index (χ0n) is 11.2. The van der Waals surface area contributed by atoms with Crippen LogP contribution in [0.25, 0.3) is 10.9 Å². The predicted molar refractivity (Wildman–Crippen MR) is 74.8 cm³/mol. The standard InChI is InChI=1S/C15H20N2O/c1-4-15(3,5-2)17-14(18)12-8-6-7-11-9-10-16-13(11)12/h6-10,16H,4-5H2,1-3H3,(H,17,18). The monoisotopic (exact) mass is 244 g/mol. The molecule has 2 rings (SSSR count). The van der Waals surface area contributed by atoms with Crippen LogP contribution in [0.2, 0.25) is 0 Å². The quantitative estimate of drug-likeness (QED) is 0.849. The fourth-order valence-corrected chi connectivity index (χ4v) is 2.04. The molecule has 0 unspecified atom stereocenters. The van der Waals surface area contributed by atoms with Gasteiger partial charge in [-0.15, -0.1) is 0 Å². The van der Waals surface area contributed by atoms with Gasteiger partial charge in [-0.3, -0.25) is 4.79 Å². The summed E-state index contributed by atoms with van der Waals surface area (Å²) in [4.78, 5) is 15.5. The summed E-state index contributed by atoms with van der Waals surface area (Å²) in [5.74, 6) is -0.00532. The van der Waals surface area contributed by atoms with Gasteiger partial charge in [-0.2, -0.15) is 0 Å². The van der Waals surface area contributed by atoms with Crippen molar-refractivity contribution in [2.45, 2.75) is 39.2 Å². The highest BCUT2D eigenvalue weighted by Gasteiger charge is 2.23. The summed E-state index contributed by atoms with van der Waals surface area (Å²) in [5.41, 5.74) is 1.49. The molecule has 1 heterocycles. The second-order valence-corrected chi connectivity index (χ2v) is 4.97. The minimum absolute atomic E-state index is 0.00532. The van der Waals surface area contributed by atoms with Crippen LogP contribution in [0, 0.1) is 0 Å². The van der Waals surface area contributed by atoms with E-state index in [0.717, 1.165) is 23.7 Å². The van der Waals surface area contributed by atoms with Crippen molar-refractivity contribution >= 4 is 16.8 Å². The normalized spacial score (nSPS) is 11.7. The van der Waals surface area contributed by atoms with Crippen molar-refractivity contribution in [3.63, 3.8) is 0 Å². The average molecular weight is 244 g/mol.